The van der Waals surface area contributed by atoms with Crippen molar-refractivity contribution >= 4 is 29.0 Å². The molecule has 0 spiro atoms. The third-order valence-electron chi connectivity index (χ3n) is 4.78. The minimum Gasteiger partial charge on any atom is -0.487 e. The number of carbonyl (C=O) groups excluding carboxylic acids is 2. The Morgan fingerprint density at radius 3 is 2.29 bits per heavy atom. The largest absolute Gasteiger partial charge is 0.487 e. The molecule has 2 aromatic heterocycles. The van der Waals surface area contributed by atoms with Gasteiger partial charge in [0.05, 0.1) is 17.9 Å². The van der Waals surface area contributed by atoms with Gasteiger partial charge in [-0.15, -0.1) is 0 Å². The molecular formula is C25H22N4O5. The number of amides is 2. The molecule has 0 atom stereocenters. The first-order valence-electron chi connectivity index (χ1n) is 10.6. The first kappa shape index (κ1) is 22.5. The van der Waals surface area contributed by atoms with Gasteiger partial charge in [0.25, 0.3) is 5.56 Å². The monoisotopic (exact) mass is 458 g/mol. The van der Waals surface area contributed by atoms with Crippen LogP contribution in [-0.2, 0) is 11.3 Å². The summed E-state index contributed by atoms with van der Waals surface area (Å²) >= 11 is 0. The standard InChI is InChI=1S/C25H22N4O5/c1-2-33-24(31)17-6-8-18(9-7-17)27-25(32)28-19-10-12-21(13-11-19)34-16-20-15-23(30)29-14-4-3-5-22(29)26-20/h3-15H,2,16H2,1H3,(H2,27,28,32). The molecule has 0 aliphatic heterocycles. The summed E-state index contributed by atoms with van der Waals surface area (Å²) in [5, 5.41) is 5.42. The van der Waals surface area contributed by atoms with E-state index < -0.39 is 12.0 Å². The Morgan fingerprint density at radius 2 is 1.62 bits per heavy atom. The van der Waals surface area contributed by atoms with E-state index in [-0.39, 0.29) is 12.2 Å². The van der Waals surface area contributed by atoms with E-state index in [1.54, 1.807) is 73.8 Å². The van der Waals surface area contributed by atoms with Crippen molar-refractivity contribution in [2.45, 2.75) is 13.5 Å². The Kier molecular flexibility index (Phi) is 6.83. The van der Waals surface area contributed by atoms with Gasteiger partial charge in [0, 0.05) is 23.6 Å². The first-order valence-corrected chi connectivity index (χ1v) is 10.6. The number of hydrogen-bond donors (Lipinski definition) is 2. The summed E-state index contributed by atoms with van der Waals surface area (Å²) in [5.41, 5.74) is 2.40. The number of aromatic nitrogens is 2. The van der Waals surface area contributed by atoms with Crippen LogP contribution < -0.4 is 20.9 Å². The van der Waals surface area contributed by atoms with E-state index in [1.807, 2.05) is 6.07 Å². The summed E-state index contributed by atoms with van der Waals surface area (Å²) in [6, 6.07) is 19.5. The van der Waals surface area contributed by atoms with Crippen LogP contribution in [0.25, 0.3) is 5.65 Å². The molecule has 0 aliphatic carbocycles. The molecule has 9 heteroatoms. The molecule has 0 fully saturated rings. The number of nitrogens with one attached hydrogen (secondary N) is 2. The maximum absolute atomic E-state index is 12.3. The highest BCUT2D eigenvalue weighted by molar-refractivity contribution is 6.00. The topological polar surface area (TPSA) is 111 Å². The van der Waals surface area contributed by atoms with Crippen LogP contribution >= 0.6 is 0 Å². The highest BCUT2D eigenvalue weighted by Gasteiger charge is 2.08. The number of carbonyl (C=O) groups is 2. The minimum absolute atomic E-state index is 0.135. The van der Waals surface area contributed by atoms with E-state index in [0.717, 1.165) is 0 Å². The summed E-state index contributed by atoms with van der Waals surface area (Å²) < 4.78 is 12.1. The number of rotatable bonds is 7. The molecule has 0 unspecified atom stereocenters. The van der Waals surface area contributed by atoms with Crippen LogP contribution in [0.15, 0.2) is 83.8 Å². The number of ether oxygens (including phenoxy) is 2. The molecule has 0 saturated carbocycles. The average molecular weight is 458 g/mol. The molecule has 2 N–H and O–H groups in total. The third-order valence-corrected chi connectivity index (χ3v) is 4.78. The predicted molar refractivity (Wildman–Crippen MR) is 127 cm³/mol. The zero-order valence-corrected chi connectivity index (χ0v) is 18.4. The smallest absolute Gasteiger partial charge is 0.338 e. The summed E-state index contributed by atoms with van der Waals surface area (Å²) in [5.74, 6) is 0.153. The maximum atomic E-state index is 12.3. The molecule has 0 radical (unpaired) electrons. The molecule has 9 nitrogen and oxygen atoms in total. The van der Waals surface area contributed by atoms with Crippen LogP contribution in [0.2, 0.25) is 0 Å². The summed E-state index contributed by atoms with van der Waals surface area (Å²) in [4.78, 5) is 40.5. The zero-order chi connectivity index (χ0) is 23.9. The molecule has 4 aromatic rings. The Labute approximate surface area is 195 Å². The van der Waals surface area contributed by atoms with Gasteiger partial charge < -0.3 is 20.1 Å². The lowest BCUT2D eigenvalue weighted by Gasteiger charge is -2.10. The number of benzene rings is 2. The van der Waals surface area contributed by atoms with Crippen molar-refractivity contribution in [3.8, 4) is 5.75 Å². The number of urea groups is 1. The highest BCUT2D eigenvalue weighted by Crippen LogP contribution is 2.18. The number of pyridine rings is 1. The van der Waals surface area contributed by atoms with Gasteiger partial charge in [-0.2, -0.15) is 0 Å². The number of esters is 1. The van der Waals surface area contributed by atoms with Crippen LogP contribution in [0.4, 0.5) is 16.2 Å². The number of hydrogen-bond acceptors (Lipinski definition) is 6. The van der Waals surface area contributed by atoms with E-state index >= 15 is 0 Å². The molecular weight excluding hydrogens is 436 g/mol. The Bertz CT molecular complexity index is 1360. The van der Waals surface area contributed by atoms with Gasteiger partial charge in [0.15, 0.2) is 0 Å². The second-order valence-electron chi connectivity index (χ2n) is 7.20. The lowest BCUT2D eigenvalue weighted by molar-refractivity contribution is 0.0526. The van der Waals surface area contributed by atoms with Crippen LogP contribution in [0, 0.1) is 0 Å². The van der Waals surface area contributed by atoms with Gasteiger partial charge in [0.2, 0.25) is 0 Å². The van der Waals surface area contributed by atoms with Gasteiger partial charge in [-0.3, -0.25) is 9.20 Å². The quantitative estimate of drug-likeness (QED) is 0.404. The maximum Gasteiger partial charge on any atom is 0.338 e. The predicted octanol–water partition coefficient (Wildman–Crippen LogP) is 4.09. The van der Waals surface area contributed by atoms with Crippen molar-refractivity contribution in [2.24, 2.45) is 0 Å². The molecule has 0 saturated heterocycles. The molecule has 2 heterocycles. The number of fused-ring (bicyclic) bond motifs is 1. The van der Waals surface area contributed by atoms with Crippen LogP contribution in [0.3, 0.4) is 0 Å². The molecule has 0 bridgehead atoms. The van der Waals surface area contributed by atoms with Gasteiger partial charge in [-0.05, 0) is 67.6 Å². The van der Waals surface area contributed by atoms with E-state index in [1.165, 1.54) is 10.5 Å². The SMILES string of the molecule is CCOC(=O)c1ccc(NC(=O)Nc2ccc(OCc3cc(=O)n4ccccc4n3)cc2)cc1. The van der Waals surface area contributed by atoms with E-state index in [4.69, 9.17) is 9.47 Å². The van der Waals surface area contributed by atoms with Crippen molar-refractivity contribution in [3.63, 3.8) is 0 Å². The summed E-state index contributed by atoms with van der Waals surface area (Å²) in [6.45, 7) is 2.17. The van der Waals surface area contributed by atoms with Crippen molar-refractivity contribution < 1.29 is 19.1 Å². The highest BCUT2D eigenvalue weighted by atomic mass is 16.5. The fourth-order valence-corrected chi connectivity index (χ4v) is 3.17. The zero-order valence-electron chi connectivity index (χ0n) is 18.4. The van der Waals surface area contributed by atoms with Crippen LogP contribution in [-0.4, -0.2) is 28.0 Å². The Morgan fingerprint density at radius 1 is 0.941 bits per heavy atom. The molecule has 2 aromatic carbocycles. The van der Waals surface area contributed by atoms with Crippen molar-refractivity contribution in [1.29, 1.82) is 0 Å². The van der Waals surface area contributed by atoms with E-state index in [2.05, 4.69) is 15.6 Å². The Balaban J connectivity index is 1.31. The second-order valence-corrected chi connectivity index (χ2v) is 7.20. The van der Waals surface area contributed by atoms with Gasteiger partial charge >= 0.3 is 12.0 Å². The van der Waals surface area contributed by atoms with E-state index in [0.29, 0.717) is 40.6 Å². The van der Waals surface area contributed by atoms with Gasteiger partial charge in [0.1, 0.15) is 18.0 Å². The second kappa shape index (κ2) is 10.3. The fraction of sp³-hybridized carbons (Fsp3) is 0.120. The van der Waals surface area contributed by atoms with Crippen molar-refractivity contribution in [1.82, 2.24) is 9.38 Å². The lowest BCUT2D eigenvalue weighted by Crippen LogP contribution is -2.19. The van der Waals surface area contributed by atoms with Crippen LogP contribution in [0.5, 0.6) is 5.75 Å². The van der Waals surface area contributed by atoms with Gasteiger partial charge in [-0.25, -0.2) is 14.6 Å². The Hall–Kier alpha value is -4.66. The van der Waals surface area contributed by atoms with Crippen molar-refractivity contribution in [3.05, 3.63) is 101 Å². The normalized spacial score (nSPS) is 10.5. The summed E-state index contributed by atoms with van der Waals surface area (Å²) in [6.07, 6.45) is 1.66. The minimum atomic E-state index is -0.432. The summed E-state index contributed by atoms with van der Waals surface area (Å²) in [7, 11) is 0. The molecule has 4 rings (SSSR count). The molecule has 172 valence electrons. The first-order chi connectivity index (χ1) is 16.5. The number of anilines is 2. The molecule has 2 amide bonds. The molecule has 0 aliphatic rings. The van der Waals surface area contributed by atoms with Crippen molar-refractivity contribution in [2.75, 3.05) is 17.2 Å². The average Bonchev–Trinajstić information content (AvgIpc) is 2.84. The molecule has 34 heavy (non-hydrogen) atoms. The van der Waals surface area contributed by atoms with Crippen LogP contribution in [0.1, 0.15) is 23.0 Å². The third kappa shape index (κ3) is 5.57. The number of nitrogens with zero attached hydrogens (tertiary/aromatic N) is 2. The van der Waals surface area contributed by atoms with Gasteiger partial charge in [-0.1, -0.05) is 6.07 Å². The lowest BCUT2D eigenvalue weighted by atomic mass is 10.2. The van der Waals surface area contributed by atoms with E-state index in [9.17, 15) is 14.4 Å². The fourth-order valence-electron chi connectivity index (χ4n) is 3.17.